The number of amides is 1. The maximum Gasteiger partial charge on any atom is 0.220 e. The van der Waals surface area contributed by atoms with Crippen LogP contribution in [-0.2, 0) is 17.6 Å². The van der Waals surface area contributed by atoms with Gasteiger partial charge in [0.05, 0.1) is 0 Å². The first-order valence-electron chi connectivity index (χ1n) is 8.21. The van der Waals surface area contributed by atoms with Crippen molar-refractivity contribution in [1.29, 1.82) is 0 Å². The third-order valence-electron chi connectivity index (χ3n) is 4.40. The first-order valence-corrected chi connectivity index (χ1v) is 8.21. The van der Waals surface area contributed by atoms with Crippen molar-refractivity contribution in [3.63, 3.8) is 0 Å². The Balaban J connectivity index is 1.74. The molecule has 3 rings (SSSR count). The quantitative estimate of drug-likeness (QED) is 0.868. The number of benzene rings is 1. The van der Waals surface area contributed by atoms with E-state index in [-0.39, 0.29) is 17.4 Å². The molecule has 1 aliphatic rings. The fourth-order valence-electron chi connectivity index (χ4n) is 3.43. The van der Waals surface area contributed by atoms with Crippen molar-refractivity contribution in [3.8, 4) is 0 Å². The van der Waals surface area contributed by atoms with E-state index in [1.807, 2.05) is 0 Å². The minimum Gasteiger partial charge on any atom is -0.358 e. The summed E-state index contributed by atoms with van der Waals surface area (Å²) in [6.45, 7) is 8.44. The van der Waals surface area contributed by atoms with Gasteiger partial charge in [0.25, 0.3) is 0 Å². The van der Waals surface area contributed by atoms with Crippen LogP contribution in [0.2, 0.25) is 0 Å². The highest BCUT2D eigenvalue weighted by molar-refractivity contribution is 5.85. The van der Waals surface area contributed by atoms with Crippen molar-refractivity contribution >= 4 is 16.8 Å². The zero-order valence-corrected chi connectivity index (χ0v) is 14.0. The first kappa shape index (κ1) is 15.1. The Labute approximate surface area is 132 Å². The number of rotatable bonds is 2. The molecule has 0 spiro atoms. The Hall–Kier alpha value is -1.77. The molecule has 0 fully saturated rings. The van der Waals surface area contributed by atoms with Crippen LogP contribution in [0.3, 0.4) is 0 Å². The van der Waals surface area contributed by atoms with Crippen LogP contribution < -0.4 is 5.32 Å². The van der Waals surface area contributed by atoms with Gasteiger partial charge < -0.3 is 10.3 Å². The first-order chi connectivity index (χ1) is 10.3. The van der Waals surface area contributed by atoms with Crippen molar-refractivity contribution in [2.45, 2.75) is 59.4 Å². The lowest BCUT2D eigenvalue weighted by atomic mass is 9.89. The topological polar surface area (TPSA) is 44.9 Å². The van der Waals surface area contributed by atoms with E-state index >= 15 is 0 Å². The number of carbonyl (C=O) groups is 1. The fraction of sp³-hybridized carbons (Fsp3) is 0.526. The van der Waals surface area contributed by atoms with Gasteiger partial charge in [-0.2, -0.15) is 0 Å². The van der Waals surface area contributed by atoms with Gasteiger partial charge in [-0.15, -0.1) is 0 Å². The van der Waals surface area contributed by atoms with Gasteiger partial charge in [0.1, 0.15) is 0 Å². The summed E-state index contributed by atoms with van der Waals surface area (Å²) in [6, 6.07) is 6.84. The van der Waals surface area contributed by atoms with Crippen molar-refractivity contribution < 1.29 is 4.79 Å². The van der Waals surface area contributed by atoms with Crippen molar-refractivity contribution in [1.82, 2.24) is 10.3 Å². The highest BCUT2D eigenvalue weighted by atomic mass is 16.1. The number of hydrogen-bond acceptors (Lipinski definition) is 1. The maximum absolute atomic E-state index is 12.1. The van der Waals surface area contributed by atoms with Gasteiger partial charge >= 0.3 is 0 Å². The molecule has 1 amide bonds. The highest BCUT2D eigenvalue weighted by Gasteiger charge is 2.25. The largest absolute Gasteiger partial charge is 0.358 e. The maximum atomic E-state index is 12.1. The minimum absolute atomic E-state index is 0.0442. The summed E-state index contributed by atoms with van der Waals surface area (Å²) in [5.74, 6) is 0.174. The summed E-state index contributed by atoms with van der Waals surface area (Å²) in [6.07, 6.45) is 3.57. The molecular formula is C19H26N2O. The molecule has 0 bridgehead atoms. The zero-order chi connectivity index (χ0) is 15.9. The molecule has 3 nitrogen and oxygen atoms in total. The van der Waals surface area contributed by atoms with E-state index in [4.69, 9.17) is 0 Å². The van der Waals surface area contributed by atoms with Gasteiger partial charge in [0.15, 0.2) is 0 Å². The van der Waals surface area contributed by atoms with E-state index in [0.717, 1.165) is 19.3 Å². The molecule has 0 saturated heterocycles. The van der Waals surface area contributed by atoms with Crippen LogP contribution in [0.4, 0.5) is 0 Å². The van der Waals surface area contributed by atoms with Gasteiger partial charge in [0.2, 0.25) is 5.91 Å². The van der Waals surface area contributed by atoms with E-state index in [2.05, 4.69) is 56.2 Å². The molecule has 1 aliphatic carbocycles. The number of H-pyrrole nitrogens is 1. The Kier molecular flexibility index (Phi) is 3.75. The van der Waals surface area contributed by atoms with E-state index in [1.165, 1.54) is 27.7 Å². The number of aromatic amines is 1. The molecule has 0 aliphatic heterocycles. The third kappa shape index (κ3) is 3.18. The molecule has 1 aromatic heterocycles. The zero-order valence-electron chi connectivity index (χ0n) is 14.0. The van der Waals surface area contributed by atoms with Gasteiger partial charge in [-0.25, -0.2) is 0 Å². The average molecular weight is 298 g/mol. The average Bonchev–Trinajstić information content (AvgIpc) is 2.73. The van der Waals surface area contributed by atoms with Crippen LogP contribution in [0.15, 0.2) is 18.2 Å². The summed E-state index contributed by atoms with van der Waals surface area (Å²) in [4.78, 5) is 15.7. The Morgan fingerprint density at radius 3 is 2.86 bits per heavy atom. The van der Waals surface area contributed by atoms with Crippen molar-refractivity contribution in [2.75, 3.05) is 0 Å². The van der Waals surface area contributed by atoms with Crippen molar-refractivity contribution in [2.24, 2.45) is 5.41 Å². The molecule has 0 saturated carbocycles. The predicted molar refractivity (Wildman–Crippen MR) is 91.1 cm³/mol. The predicted octanol–water partition coefficient (Wildman–Crippen LogP) is 3.89. The van der Waals surface area contributed by atoms with Gasteiger partial charge in [-0.1, -0.05) is 32.4 Å². The molecular weight excluding hydrogens is 272 g/mol. The number of fused-ring (bicyclic) bond motifs is 3. The number of nitrogens with one attached hydrogen (secondary N) is 2. The summed E-state index contributed by atoms with van der Waals surface area (Å²) in [5, 5.41) is 4.57. The van der Waals surface area contributed by atoms with Crippen LogP contribution in [0.1, 0.15) is 50.4 Å². The smallest absolute Gasteiger partial charge is 0.220 e. The lowest BCUT2D eigenvalue weighted by molar-refractivity contribution is -0.123. The second-order valence-electron chi connectivity index (χ2n) is 7.88. The second kappa shape index (κ2) is 5.45. The van der Waals surface area contributed by atoms with Crippen LogP contribution >= 0.6 is 0 Å². The number of aromatic nitrogens is 1. The number of hydrogen-bond donors (Lipinski definition) is 2. The van der Waals surface area contributed by atoms with E-state index in [0.29, 0.717) is 6.42 Å². The van der Waals surface area contributed by atoms with Crippen molar-refractivity contribution in [3.05, 3.63) is 35.0 Å². The molecule has 118 valence electrons. The van der Waals surface area contributed by atoms with Gasteiger partial charge in [0, 0.05) is 35.5 Å². The molecule has 0 radical (unpaired) electrons. The van der Waals surface area contributed by atoms with Crippen LogP contribution in [0, 0.1) is 12.3 Å². The van der Waals surface area contributed by atoms with E-state index in [1.54, 1.807) is 0 Å². The van der Waals surface area contributed by atoms with Crippen LogP contribution in [-0.4, -0.2) is 16.9 Å². The Bertz CT molecular complexity index is 706. The molecule has 1 atom stereocenters. The molecule has 22 heavy (non-hydrogen) atoms. The SMILES string of the molecule is Cc1ccc2[nH]c3c(c2c1)CCC(NC(=O)CC(C)(C)C)C3. The molecule has 2 N–H and O–H groups in total. The van der Waals surface area contributed by atoms with Crippen LogP contribution in [0.5, 0.6) is 0 Å². The number of aryl methyl sites for hydroxylation is 2. The molecule has 2 aromatic rings. The lowest BCUT2D eigenvalue weighted by Gasteiger charge is -2.25. The molecule has 3 heteroatoms. The highest BCUT2D eigenvalue weighted by Crippen LogP contribution is 2.30. The summed E-state index contributed by atoms with van der Waals surface area (Å²) in [5.41, 5.74) is 5.31. The molecule has 1 aromatic carbocycles. The van der Waals surface area contributed by atoms with E-state index < -0.39 is 0 Å². The minimum atomic E-state index is 0.0442. The fourth-order valence-corrected chi connectivity index (χ4v) is 3.43. The molecule has 1 unspecified atom stereocenters. The monoisotopic (exact) mass is 298 g/mol. The number of carbonyl (C=O) groups excluding carboxylic acids is 1. The standard InChI is InChI=1S/C19H26N2O/c1-12-5-8-16-15(9-12)14-7-6-13(10-17(14)21-16)20-18(22)11-19(2,3)4/h5,8-9,13,21H,6-7,10-11H2,1-4H3,(H,20,22). The summed E-state index contributed by atoms with van der Waals surface area (Å²) < 4.78 is 0. The summed E-state index contributed by atoms with van der Waals surface area (Å²) in [7, 11) is 0. The lowest BCUT2D eigenvalue weighted by Crippen LogP contribution is -2.40. The third-order valence-corrected chi connectivity index (χ3v) is 4.40. The normalized spacial score (nSPS) is 18.3. The van der Waals surface area contributed by atoms with Gasteiger partial charge in [-0.3, -0.25) is 4.79 Å². The Morgan fingerprint density at radius 1 is 1.36 bits per heavy atom. The summed E-state index contributed by atoms with van der Waals surface area (Å²) >= 11 is 0. The van der Waals surface area contributed by atoms with Gasteiger partial charge in [-0.05, 0) is 42.9 Å². The Morgan fingerprint density at radius 2 is 2.14 bits per heavy atom. The molecule has 1 heterocycles. The van der Waals surface area contributed by atoms with E-state index in [9.17, 15) is 4.79 Å². The second-order valence-corrected chi connectivity index (χ2v) is 7.88. The van der Waals surface area contributed by atoms with Crippen LogP contribution in [0.25, 0.3) is 10.9 Å².